The fourth-order valence-electron chi connectivity index (χ4n) is 1.17. The van der Waals surface area contributed by atoms with Gasteiger partial charge in [-0.3, -0.25) is 0 Å². The first kappa shape index (κ1) is 9.89. The van der Waals surface area contributed by atoms with Gasteiger partial charge in [0.15, 0.2) is 0 Å². The lowest BCUT2D eigenvalue weighted by Gasteiger charge is -2.22. The average molecular weight is 189 g/mol. The molecule has 4 heteroatoms. The molecule has 1 fully saturated rings. The van der Waals surface area contributed by atoms with Crippen LogP contribution in [0.1, 0.15) is 19.3 Å². The molecule has 1 saturated heterocycles. The highest BCUT2D eigenvalue weighted by Crippen LogP contribution is 2.10. The van der Waals surface area contributed by atoms with E-state index >= 15 is 0 Å². The Morgan fingerprint density at radius 2 is 2.17 bits per heavy atom. The molecule has 1 rings (SSSR count). The van der Waals surface area contributed by atoms with Crippen molar-refractivity contribution in [3.63, 3.8) is 0 Å². The van der Waals surface area contributed by atoms with Crippen LogP contribution in [0.4, 0.5) is 0 Å². The Morgan fingerprint density at radius 3 is 2.75 bits per heavy atom. The van der Waals surface area contributed by atoms with E-state index in [2.05, 4.69) is 0 Å². The van der Waals surface area contributed by atoms with Crippen LogP contribution in [-0.2, 0) is 9.47 Å². The van der Waals surface area contributed by atoms with E-state index in [1.165, 1.54) is 0 Å². The highest BCUT2D eigenvalue weighted by molar-refractivity contribution is 7.80. The number of ether oxygens (including phenoxy) is 2. The van der Waals surface area contributed by atoms with Crippen LogP contribution in [0, 0.1) is 0 Å². The summed E-state index contributed by atoms with van der Waals surface area (Å²) in [6.07, 6.45) is 3.04. The van der Waals surface area contributed by atoms with Gasteiger partial charge in [0.05, 0.1) is 17.7 Å². The maximum Gasteiger partial charge on any atom is 0.0750 e. The topological polar surface area (TPSA) is 44.5 Å². The molecule has 0 radical (unpaired) electrons. The van der Waals surface area contributed by atoms with Gasteiger partial charge in [0, 0.05) is 19.6 Å². The predicted octanol–water partition coefficient (Wildman–Crippen LogP) is 0.858. The smallest absolute Gasteiger partial charge is 0.0750 e. The minimum absolute atomic E-state index is 0.355. The molecule has 2 N–H and O–H groups in total. The first-order chi connectivity index (χ1) is 5.79. The minimum Gasteiger partial charge on any atom is -0.393 e. The SMILES string of the molecule is NC(=S)CCOC1CCOCC1. The summed E-state index contributed by atoms with van der Waals surface area (Å²) < 4.78 is 10.7. The van der Waals surface area contributed by atoms with Gasteiger partial charge in [-0.15, -0.1) is 0 Å². The average Bonchev–Trinajstić information content (AvgIpc) is 2.05. The van der Waals surface area contributed by atoms with Crippen LogP contribution in [0.5, 0.6) is 0 Å². The minimum atomic E-state index is 0.355. The second-order valence-corrected chi connectivity index (χ2v) is 3.42. The maximum atomic E-state index is 5.55. The largest absolute Gasteiger partial charge is 0.393 e. The zero-order chi connectivity index (χ0) is 8.81. The predicted molar refractivity (Wildman–Crippen MR) is 51.2 cm³/mol. The molecule has 1 aliphatic rings. The number of nitrogens with two attached hydrogens (primary N) is 1. The lowest BCUT2D eigenvalue weighted by Crippen LogP contribution is -2.24. The van der Waals surface area contributed by atoms with Crippen LogP contribution in [-0.4, -0.2) is 30.9 Å². The molecule has 0 aromatic rings. The van der Waals surface area contributed by atoms with Gasteiger partial charge in [-0.1, -0.05) is 12.2 Å². The first-order valence-electron chi connectivity index (χ1n) is 4.26. The summed E-state index contributed by atoms with van der Waals surface area (Å²) in [6.45, 7) is 2.29. The third-order valence-corrected chi connectivity index (χ3v) is 2.07. The zero-order valence-corrected chi connectivity index (χ0v) is 7.94. The number of hydrogen-bond acceptors (Lipinski definition) is 3. The Labute approximate surface area is 78.2 Å². The van der Waals surface area contributed by atoms with E-state index in [1.54, 1.807) is 0 Å². The van der Waals surface area contributed by atoms with Crippen molar-refractivity contribution in [2.45, 2.75) is 25.4 Å². The van der Waals surface area contributed by atoms with Crippen LogP contribution < -0.4 is 5.73 Å². The Morgan fingerprint density at radius 1 is 1.50 bits per heavy atom. The van der Waals surface area contributed by atoms with Crippen molar-refractivity contribution in [2.75, 3.05) is 19.8 Å². The van der Waals surface area contributed by atoms with E-state index in [1.807, 2.05) is 0 Å². The number of thiocarbonyl (C=S) groups is 1. The summed E-state index contributed by atoms with van der Waals surface area (Å²) in [5, 5.41) is 0. The summed E-state index contributed by atoms with van der Waals surface area (Å²) in [6, 6.07) is 0. The molecule has 0 bridgehead atoms. The summed E-state index contributed by atoms with van der Waals surface area (Å²) >= 11 is 4.74. The van der Waals surface area contributed by atoms with Gasteiger partial charge in [0.25, 0.3) is 0 Å². The van der Waals surface area contributed by atoms with E-state index in [0.717, 1.165) is 26.1 Å². The zero-order valence-electron chi connectivity index (χ0n) is 7.12. The normalized spacial score (nSPS) is 19.3. The lowest BCUT2D eigenvalue weighted by atomic mass is 10.1. The molecule has 0 unspecified atom stereocenters. The molecule has 12 heavy (non-hydrogen) atoms. The fraction of sp³-hybridized carbons (Fsp3) is 0.875. The summed E-state index contributed by atoms with van der Waals surface area (Å²) in [5.41, 5.74) is 5.33. The van der Waals surface area contributed by atoms with E-state index in [9.17, 15) is 0 Å². The Bertz CT molecular complexity index is 146. The van der Waals surface area contributed by atoms with Crippen molar-refractivity contribution in [1.82, 2.24) is 0 Å². The van der Waals surface area contributed by atoms with E-state index < -0.39 is 0 Å². The second kappa shape index (κ2) is 5.45. The van der Waals surface area contributed by atoms with Crippen molar-refractivity contribution in [2.24, 2.45) is 5.73 Å². The molecule has 1 aliphatic heterocycles. The quantitative estimate of drug-likeness (QED) is 0.666. The molecule has 0 amide bonds. The number of hydrogen-bond donors (Lipinski definition) is 1. The van der Waals surface area contributed by atoms with Crippen molar-refractivity contribution in [3.05, 3.63) is 0 Å². The van der Waals surface area contributed by atoms with E-state index in [0.29, 0.717) is 24.1 Å². The van der Waals surface area contributed by atoms with Gasteiger partial charge in [-0.05, 0) is 12.8 Å². The maximum absolute atomic E-state index is 5.55. The van der Waals surface area contributed by atoms with Crippen LogP contribution in [0.3, 0.4) is 0 Å². The van der Waals surface area contributed by atoms with Gasteiger partial charge in [0.1, 0.15) is 0 Å². The Balaban J connectivity index is 2.01. The van der Waals surface area contributed by atoms with E-state index in [4.69, 9.17) is 27.4 Å². The van der Waals surface area contributed by atoms with Crippen molar-refractivity contribution < 1.29 is 9.47 Å². The molecule has 0 aromatic heterocycles. The first-order valence-corrected chi connectivity index (χ1v) is 4.67. The third kappa shape index (κ3) is 3.99. The van der Waals surface area contributed by atoms with Crippen LogP contribution >= 0.6 is 12.2 Å². The van der Waals surface area contributed by atoms with Crippen LogP contribution in [0.25, 0.3) is 0 Å². The summed E-state index contributed by atoms with van der Waals surface area (Å²) in [5.74, 6) is 0. The Hall–Kier alpha value is -0.190. The van der Waals surface area contributed by atoms with Gasteiger partial charge in [-0.25, -0.2) is 0 Å². The molecule has 0 aliphatic carbocycles. The molecular formula is C8H15NO2S. The van der Waals surface area contributed by atoms with Gasteiger partial charge < -0.3 is 15.2 Å². The van der Waals surface area contributed by atoms with Gasteiger partial charge in [-0.2, -0.15) is 0 Å². The molecular weight excluding hydrogens is 174 g/mol. The third-order valence-electron chi connectivity index (χ3n) is 1.87. The molecule has 0 saturated carbocycles. The van der Waals surface area contributed by atoms with Crippen LogP contribution in [0.2, 0.25) is 0 Å². The van der Waals surface area contributed by atoms with Crippen molar-refractivity contribution in [3.8, 4) is 0 Å². The van der Waals surface area contributed by atoms with Crippen LogP contribution in [0.15, 0.2) is 0 Å². The molecule has 3 nitrogen and oxygen atoms in total. The fourth-order valence-corrected chi connectivity index (χ4v) is 1.25. The standard InChI is InChI=1S/C8H15NO2S/c9-8(12)3-6-11-7-1-4-10-5-2-7/h7H,1-6H2,(H2,9,12). The number of rotatable bonds is 4. The van der Waals surface area contributed by atoms with E-state index in [-0.39, 0.29) is 0 Å². The summed E-state index contributed by atoms with van der Waals surface area (Å²) in [4.78, 5) is 0.530. The summed E-state index contributed by atoms with van der Waals surface area (Å²) in [7, 11) is 0. The molecule has 0 spiro atoms. The van der Waals surface area contributed by atoms with Crippen molar-refractivity contribution in [1.29, 1.82) is 0 Å². The molecule has 70 valence electrons. The monoisotopic (exact) mass is 189 g/mol. The molecule has 0 atom stereocenters. The highest BCUT2D eigenvalue weighted by Gasteiger charge is 2.13. The molecule has 1 heterocycles. The highest BCUT2D eigenvalue weighted by atomic mass is 32.1. The molecule has 0 aromatic carbocycles. The lowest BCUT2D eigenvalue weighted by molar-refractivity contribution is -0.0294. The van der Waals surface area contributed by atoms with Crippen molar-refractivity contribution >= 4 is 17.2 Å². The van der Waals surface area contributed by atoms with Gasteiger partial charge >= 0.3 is 0 Å². The second-order valence-electron chi connectivity index (χ2n) is 2.90. The van der Waals surface area contributed by atoms with Gasteiger partial charge in [0.2, 0.25) is 0 Å². The Kier molecular flexibility index (Phi) is 4.50.